The second-order valence-electron chi connectivity index (χ2n) is 6.53. The first kappa shape index (κ1) is 26.6. The van der Waals surface area contributed by atoms with Gasteiger partial charge in [0.1, 0.15) is 24.1 Å². The Morgan fingerprint density at radius 1 is 1.26 bits per heavy atom. The minimum atomic E-state index is -5.86. The number of phosphoric acid groups is 3. The first-order valence-electron chi connectivity index (χ1n) is 8.52. The molecule has 0 radical (unpaired) electrons. The van der Waals surface area contributed by atoms with Crippen molar-refractivity contribution >= 4 is 34.8 Å². The molecule has 7 N–H and O–H groups in total. The number of nitrogens with zero attached hydrogens (tertiary/aromatic N) is 6. The maximum atomic E-state index is 15.0. The molecule has 1 fully saturated rings. The van der Waals surface area contributed by atoms with Crippen molar-refractivity contribution in [2.45, 2.75) is 24.1 Å². The Hall–Kier alpha value is -2.01. The number of halogens is 1. The van der Waals surface area contributed by atoms with Crippen molar-refractivity contribution < 1.29 is 60.6 Å². The van der Waals surface area contributed by atoms with E-state index in [9.17, 15) is 28.6 Å². The Balaban J connectivity index is 1.86. The van der Waals surface area contributed by atoms with Gasteiger partial charge in [0.25, 0.3) is 0 Å². The molecule has 1 aliphatic heterocycles. The van der Waals surface area contributed by atoms with E-state index in [0.717, 1.165) is 10.8 Å². The molecule has 23 heteroatoms. The molecule has 3 rings (SSSR count). The molecule has 2 unspecified atom stereocenters. The molecule has 0 saturated carbocycles. The smallest absolute Gasteiger partial charge is 0.387 e. The predicted molar refractivity (Wildman–Crippen MR) is 104 cm³/mol. The fourth-order valence-corrected chi connectivity index (χ4v) is 6.01. The monoisotopic (exact) mass is 549 g/mol. The summed E-state index contributed by atoms with van der Waals surface area (Å²) < 4.78 is 67.0. The van der Waals surface area contributed by atoms with Crippen molar-refractivity contribution in [2.24, 2.45) is 5.11 Å². The van der Waals surface area contributed by atoms with Crippen LogP contribution in [0.5, 0.6) is 0 Å². The molecule has 1 aliphatic rings. The number of fused-ring (bicyclic) bond motifs is 1. The van der Waals surface area contributed by atoms with Gasteiger partial charge >= 0.3 is 23.5 Å². The number of ether oxygens (including phenoxy) is 1. The number of hydrogen-bond donors (Lipinski definition) is 6. The summed E-state index contributed by atoms with van der Waals surface area (Å²) in [6, 6.07) is 2.70. The molecule has 3 heterocycles. The lowest BCUT2D eigenvalue weighted by Gasteiger charge is -2.27. The minimum Gasteiger partial charge on any atom is -0.387 e. The summed E-state index contributed by atoms with van der Waals surface area (Å²) >= 11 is 0. The van der Waals surface area contributed by atoms with Gasteiger partial charge < -0.3 is 35.2 Å². The number of azide groups is 1. The van der Waals surface area contributed by atoms with Crippen LogP contribution in [0.4, 0.5) is 10.2 Å². The van der Waals surface area contributed by atoms with Crippen LogP contribution >= 0.6 is 23.5 Å². The van der Waals surface area contributed by atoms with Crippen molar-refractivity contribution in [3.63, 3.8) is 0 Å². The predicted octanol–water partition coefficient (Wildman–Crippen LogP) is 0.432. The van der Waals surface area contributed by atoms with Crippen molar-refractivity contribution in [3.05, 3.63) is 34.6 Å². The van der Waals surface area contributed by atoms with Crippen LogP contribution in [0.25, 0.3) is 16.0 Å². The number of anilines is 1. The Labute approximate surface area is 186 Å². The Morgan fingerprint density at radius 3 is 2.56 bits per heavy atom. The second kappa shape index (κ2) is 9.22. The normalized spacial score (nSPS) is 28.8. The van der Waals surface area contributed by atoms with E-state index in [1.54, 1.807) is 0 Å². The van der Waals surface area contributed by atoms with Crippen LogP contribution in [0.15, 0.2) is 23.6 Å². The van der Waals surface area contributed by atoms with Crippen LogP contribution in [0.3, 0.4) is 0 Å². The van der Waals surface area contributed by atoms with Gasteiger partial charge in [0.2, 0.25) is 0 Å². The molecule has 1 saturated heterocycles. The van der Waals surface area contributed by atoms with Crippen LogP contribution in [0.1, 0.15) is 11.8 Å². The van der Waals surface area contributed by atoms with E-state index in [-0.39, 0.29) is 17.0 Å². The molecule has 6 atom stereocenters. The van der Waals surface area contributed by atoms with Crippen molar-refractivity contribution in [1.82, 2.24) is 14.6 Å². The SMILES string of the molecule is [N-]=[N+]=N[C@@]1(COP(=O)(O)OP(=O)(O)OP(=O)(O)O)O[C@@H](c2ccc3c(N)ncnn23)[C@H](F)[C@@H]1O. The molecular formula is C11H15FN7O12P3. The third-order valence-electron chi connectivity index (χ3n) is 4.25. The van der Waals surface area contributed by atoms with Gasteiger partial charge in [-0.1, -0.05) is 5.11 Å². The summed E-state index contributed by atoms with van der Waals surface area (Å²) in [6.07, 6.45) is -5.29. The van der Waals surface area contributed by atoms with Gasteiger partial charge in [-0.05, 0) is 17.7 Å². The third-order valence-corrected chi connectivity index (χ3v) is 8.03. The fourth-order valence-electron chi connectivity index (χ4n) is 2.96. The lowest BCUT2D eigenvalue weighted by Crippen LogP contribution is -2.44. The third kappa shape index (κ3) is 5.62. The number of nitrogen functional groups attached to an aromatic ring is 1. The van der Waals surface area contributed by atoms with E-state index >= 15 is 4.39 Å². The summed E-state index contributed by atoms with van der Waals surface area (Å²) in [7, 11) is -17.2. The fraction of sp³-hybridized carbons (Fsp3) is 0.455. The van der Waals surface area contributed by atoms with Crippen molar-refractivity contribution in [3.8, 4) is 0 Å². The first-order valence-corrected chi connectivity index (χ1v) is 13.0. The van der Waals surface area contributed by atoms with Crippen LogP contribution in [0.2, 0.25) is 0 Å². The Morgan fingerprint density at radius 2 is 1.94 bits per heavy atom. The Bertz CT molecular complexity index is 1280. The lowest BCUT2D eigenvalue weighted by molar-refractivity contribution is -0.106. The minimum absolute atomic E-state index is 0.0178. The zero-order valence-electron chi connectivity index (χ0n) is 16.2. The quantitative estimate of drug-likeness (QED) is 0.107. The maximum absolute atomic E-state index is 15.0. The number of hydrogen-bond acceptors (Lipinski definition) is 12. The molecule has 0 bridgehead atoms. The number of rotatable bonds is 9. The summed E-state index contributed by atoms with van der Waals surface area (Å²) in [5.41, 5.74) is 12.0. The van der Waals surface area contributed by atoms with Gasteiger partial charge in [0, 0.05) is 4.91 Å². The molecule has 0 aromatic carbocycles. The van der Waals surface area contributed by atoms with Crippen LogP contribution in [0, 0.1) is 0 Å². The number of phosphoric ester groups is 1. The number of aliphatic hydroxyl groups is 1. The highest BCUT2D eigenvalue weighted by molar-refractivity contribution is 7.66. The van der Waals surface area contributed by atoms with Gasteiger partial charge in [0.15, 0.2) is 17.7 Å². The second-order valence-corrected chi connectivity index (χ2v) is 10.9. The topological polar surface area (TPSA) is 294 Å². The number of aliphatic hydroxyl groups excluding tert-OH is 1. The average Bonchev–Trinajstić information content (AvgIpc) is 3.20. The average molecular weight is 549 g/mol. The van der Waals surface area contributed by atoms with Crippen LogP contribution < -0.4 is 5.73 Å². The summed E-state index contributed by atoms with van der Waals surface area (Å²) in [5, 5.41) is 17.3. The molecule has 34 heavy (non-hydrogen) atoms. The summed E-state index contributed by atoms with van der Waals surface area (Å²) in [4.78, 5) is 42.0. The van der Waals surface area contributed by atoms with E-state index in [0.29, 0.717) is 0 Å². The van der Waals surface area contributed by atoms with Crippen molar-refractivity contribution in [2.75, 3.05) is 12.3 Å². The molecule has 2 aromatic heterocycles. The lowest BCUT2D eigenvalue weighted by atomic mass is 10.0. The van der Waals surface area contributed by atoms with Gasteiger partial charge in [-0.3, -0.25) is 4.52 Å². The highest BCUT2D eigenvalue weighted by Crippen LogP contribution is 2.66. The van der Waals surface area contributed by atoms with Crippen LogP contribution in [-0.2, 0) is 31.6 Å². The van der Waals surface area contributed by atoms with Gasteiger partial charge in [-0.15, -0.1) is 0 Å². The number of nitrogens with two attached hydrogens (primary N) is 1. The summed E-state index contributed by atoms with van der Waals surface area (Å²) in [5.74, 6) is 0.0178. The van der Waals surface area contributed by atoms with Gasteiger partial charge in [-0.2, -0.15) is 13.7 Å². The highest BCUT2D eigenvalue weighted by Gasteiger charge is 2.57. The standard InChI is InChI=1S/C11H15FN7O12P3/c12-7-8(5-1-2-6-10(13)15-4-16-19(5)6)29-11(9(7)20,17-18-14)3-28-33(24,25)31-34(26,27)30-32(21,22)23/h1-2,4,7-9,20H,3H2,(H,24,25)(H,26,27)(H2,13,15,16)(H2,21,22,23)/t7-,8-,9-,11-/m0/s1. The van der Waals surface area contributed by atoms with Gasteiger partial charge in [0.05, 0.1) is 12.3 Å². The van der Waals surface area contributed by atoms with E-state index in [1.165, 1.54) is 12.1 Å². The van der Waals surface area contributed by atoms with E-state index < -0.39 is 54.2 Å². The van der Waals surface area contributed by atoms with E-state index in [4.69, 9.17) is 25.8 Å². The molecular weight excluding hydrogens is 534 g/mol. The van der Waals surface area contributed by atoms with Crippen LogP contribution in [-0.4, -0.2) is 63.9 Å². The van der Waals surface area contributed by atoms with Gasteiger partial charge in [-0.25, -0.2) is 27.6 Å². The molecule has 0 amide bonds. The first-order chi connectivity index (χ1) is 15.6. The number of aromatic nitrogens is 3. The molecule has 0 spiro atoms. The highest BCUT2D eigenvalue weighted by atomic mass is 31.3. The van der Waals surface area contributed by atoms with E-state index in [2.05, 4.69) is 33.3 Å². The summed E-state index contributed by atoms with van der Waals surface area (Å²) in [6.45, 7) is -1.43. The van der Waals surface area contributed by atoms with E-state index in [1.807, 2.05) is 0 Å². The largest absolute Gasteiger partial charge is 0.490 e. The Kier molecular flexibility index (Phi) is 7.21. The molecule has 2 aromatic rings. The zero-order valence-corrected chi connectivity index (χ0v) is 18.9. The maximum Gasteiger partial charge on any atom is 0.490 e. The molecule has 19 nitrogen and oxygen atoms in total. The molecule has 0 aliphatic carbocycles. The zero-order chi connectivity index (χ0) is 25.5. The molecule has 188 valence electrons. The number of alkyl halides is 1. The van der Waals surface area contributed by atoms with Crippen molar-refractivity contribution in [1.29, 1.82) is 0 Å².